The summed E-state index contributed by atoms with van der Waals surface area (Å²) >= 11 is 0. The number of nitrogens with zero attached hydrogens (tertiary/aromatic N) is 2. The van der Waals surface area contributed by atoms with Crippen LogP contribution >= 0.6 is 0 Å². The Hall–Kier alpha value is -1.84. The number of rotatable bonds is 2. The maximum Gasteiger partial charge on any atom is 0.213 e. The van der Waals surface area contributed by atoms with E-state index in [4.69, 9.17) is 4.74 Å². The highest BCUT2D eigenvalue weighted by Crippen LogP contribution is 2.26. The topological polar surface area (TPSA) is 42.4 Å². The van der Waals surface area contributed by atoms with Gasteiger partial charge in [-0.3, -0.25) is 4.79 Å². The van der Waals surface area contributed by atoms with E-state index in [1.54, 1.807) is 19.4 Å². The van der Waals surface area contributed by atoms with Crippen molar-refractivity contribution in [2.24, 2.45) is 0 Å². The van der Waals surface area contributed by atoms with Gasteiger partial charge in [-0.05, 0) is 18.4 Å². The molecular weight excluding hydrogens is 216 g/mol. The Morgan fingerprint density at radius 2 is 2.18 bits per heavy atom. The van der Waals surface area contributed by atoms with Gasteiger partial charge >= 0.3 is 0 Å². The Kier molecular flexibility index (Phi) is 3.13. The fourth-order valence-corrected chi connectivity index (χ4v) is 1.98. The van der Waals surface area contributed by atoms with Gasteiger partial charge in [0.2, 0.25) is 5.88 Å². The number of aromatic nitrogens is 1. The van der Waals surface area contributed by atoms with Crippen LogP contribution in [0.5, 0.6) is 5.88 Å². The quantitative estimate of drug-likeness (QED) is 0.727. The second-order valence-electron chi connectivity index (χ2n) is 4.33. The molecule has 0 N–H and O–H groups in total. The zero-order valence-electron chi connectivity index (χ0n) is 10.4. The second-order valence-corrected chi connectivity index (χ2v) is 4.33. The molecule has 0 aromatic carbocycles. The van der Waals surface area contributed by atoms with E-state index in [2.05, 4.69) is 4.98 Å². The number of aryl methyl sites for hydroxylation is 1. The molecular formula is C13H16N2O2. The van der Waals surface area contributed by atoms with E-state index in [0.29, 0.717) is 5.88 Å². The third kappa shape index (κ3) is 2.30. The first-order chi connectivity index (χ1) is 8.11. The van der Waals surface area contributed by atoms with Crippen LogP contribution in [0.4, 0.5) is 0 Å². The van der Waals surface area contributed by atoms with E-state index in [-0.39, 0.29) is 5.78 Å². The summed E-state index contributed by atoms with van der Waals surface area (Å²) in [6, 6.07) is 1.72. The number of pyridine rings is 1. The number of carbonyl (C=O) groups excluding carboxylic acids is 1. The molecule has 0 saturated carbocycles. The van der Waals surface area contributed by atoms with E-state index < -0.39 is 0 Å². The highest BCUT2D eigenvalue weighted by Gasteiger charge is 2.23. The minimum atomic E-state index is 0.0839. The van der Waals surface area contributed by atoms with Crippen LogP contribution in [0.15, 0.2) is 24.0 Å². The van der Waals surface area contributed by atoms with Crippen molar-refractivity contribution in [3.8, 4) is 5.88 Å². The number of hydrogen-bond donors (Lipinski definition) is 0. The zero-order chi connectivity index (χ0) is 12.4. The van der Waals surface area contributed by atoms with Crippen LogP contribution in [-0.2, 0) is 6.42 Å². The number of carbonyl (C=O) groups is 1. The maximum atomic E-state index is 12.2. The van der Waals surface area contributed by atoms with Crippen molar-refractivity contribution in [3.63, 3.8) is 0 Å². The van der Waals surface area contributed by atoms with Crippen LogP contribution < -0.4 is 4.74 Å². The molecule has 2 rings (SSSR count). The molecule has 0 aliphatic heterocycles. The van der Waals surface area contributed by atoms with Crippen LogP contribution in [0.25, 0.3) is 0 Å². The molecule has 4 heteroatoms. The van der Waals surface area contributed by atoms with Gasteiger partial charge in [0.25, 0.3) is 0 Å². The molecule has 0 atom stereocenters. The number of ether oxygens (including phenoxy) is 1. The van der Waals surface area contributed by atoms with Gasteiger partial charge in [-0.1, -0.05) is 0 Å². The normalized spacial score (nSPS) is 16.9. The van der Waals surface area contributed by atoms with Gasteiger partial charge in [-0.15, -0.1) is 0 Å². The minimum Gasteiger partial charge on any atom is -0.481 e. The van der Waals surface area contributed by atoms with Crippen molar-refractivity contribution in [2.75, 3.05) is 21.2 Å². The molecule has 0 amide bonds. The fourth-order valence-electron chi connectivity index (χ4n) is 1.98. The molecule has 17 heavy (non-hydrogen) atoms. The number of methoxy groups -OCH3 is 1. The van der Waals surface area contributed by atoms with Gasteiger partial charge in [-0.2, -0.15) is 0 Å². The Balaban J connectivity index is 2.40. The highest BCUT2D eigenvalue weighted by atomic mass is 16.5. The molecule has 0 saturated heterocycles. The minimum absolute atomic E-state index is 0.0839. The van der Waals surface area contributed by atoms with Crippen molar-refractivity contribution >= 4 is 5.78 Å². The van der Waals surface area contributed by atoms with E-state index in [1.165, 1.54) is 0 Å². The number of allylic oxidation sites excluding steroid dienone is 1. The summed E-state index contributed by atoms with van der Waals surface area (Å²) in [6.45, 7) is 0. The lowest BCUT2D eigenvalue weighted by atomic mass is 9.88. The second kappa shape index (κ2) is 4.57. The molecule has 90 valence electrons. The third-order valence-corrected chi connectivity index (χ3v) is 2.78. The van der Waals surface area contributed by atoms with Crippen molar-refractivity contribution in [1.82, 2.24) is 9.88 Å². The Bertz CT molecular complexity index is 478. The van der Waals surface area contributed by atoms with Gasteiger partial charge in [0.05, 0.1) is 7.11 Å². The molecule has 1 aliphatic carbocycles. The summed E-state index contributed by atoms with van der Waals surface area (Å²) in [6.07, 6.45) is 5.26. The predicted molar refractivity (Wildman–Crippen MR) is 65.2 cm³/mol. The van der Waals surface area contributed by atoms with Crippen LogP contribution in [0.1, 0.15) is 22.3 Å². The molecule has 0 unspecified atom stereocenters. The Labute approximate surface area is 101 Å². The third-order valence-electron chi connectivity index (χ3n) is 2.78. The molecule has 0 bridgehead atoms. The summed E-state index contributed by atoms with van der Waals surface area (Å²) in [5.41, 5.74) is 2.57. The monoisotopic (exact) mass is 232 g/mol. The van der Waals surface area contributed by atoms with Gasteiger partial charge in [0.15, 0.2) is 5.78 Å². The number of ketones is 1. The predicted octanol–water partition coefficient (Wildman–Crippen LogP) is 1.66. The first kappa shape index (κ1) is 11.6. The van der Waals surface area contributed by atoms with E-state index in [9.17, 15) is 4.79 Å². The molecule has 0 spiro atoms. The Morgan fingerprint density at radius 1 is 1.41 bits per heavy atom. The molecule has 1 heterocycles. The van der Waals surface area contributed by atoms with Crippen LogP contribution in [0.2, 0.25) is 0 Å². The molecule has 0 radical (unpaired) electrons. The van der Waals surface area contributed by atoms with Crippen LogP contribution in [0, 0.1) is 0 Å². The Morgan fingerprint density at radius 3 is 2.82 bits per heavy atom. The number of hydrogen-bond acceptors (Lipinski definition) is 4. The summed E-state index contributed by atoms with van der Waals surface area (Å²) in [5, 5.41) is 0. The van der Waals surface area contributed by atoms with E-state index in [0.717, 1.165) is 29.5 Å². The van der Waals surface area contributed by atoms with Gasteiger partial charge in [0, 0.05) is 43.7 Å². The molecule has 1 aromatic rings. The number of fused-ring (bicyclic) bond motifs is 1. The van der Waals surface area contributed by atoms with E-state index in [1.807, 2.05) is 25.2 Å². The molecule has 4 nitrogen and oxygen atoms in total. The molecule has 1 aromatic heterocycles. The van der Waals surface area contributed by atoms with Crippen molar-refractivity contribution in [3.05, 3.63) is 35.2 Å². The van der Waals surface area contributed by atoms with Crippen LogP contribution in [0.3, 0.4) is 0 Å². The average Bonchev–Trinajstić information content (AvgIpc) is 2.32. The van der Waals surface area contributed by atoms with Crippen LogP contribution in [-0.4, -0.2) is 36.9 Å². The SMILES string of the molecule is COc1cc2c(cn1)CCC(=CN(C)C)C2=O. The summed E-state index contributed by atoms with van der Waals surface area (Å²) in [7, 11) is 5.39. The first-order valence-corrected chi connectivity index (χ1v) is 5.56. The molecule has 0 fully saturated rings. The fraction of sp³-hybridized carbons (Fsp3) is 0.385. The highest BCUT2D eigenvalue weighted by molar-refractivity contribution is 6.10. The lowest BCUT2D eigenvalue weighted by Crippen LogP contribution is -2.17. The number of Topliss-reactive ketones (excluding diaryl/α,β-unsaturated/α-hetero) is 1. The smallest absolute Gasteiger partial charge is 0.213 e. The lowest BCUT2D eigenvalue weighted by molar-refractivity contribution is 0.102. The van der Waals surface area contributed by atoms with Crippen molar-refractivity contribution in [1.29, 1.82) is 0 Å². The standard InChI is InChI=1S/C13H16N2O2/c1-15(2)8-10-5-4-9-7-14-12(17-3)6-11(9)13(10)16/h6-8H,4-5H2,1-3H3. The first-order valence-electron chi connectivity index (χ1n) is 5.56. The average molecular weight is 232 g/mol. The summed E-state index contributed by atoms with van der Waals surface area (Å²) < 4.78 is 5.05. The van der Waals surface area contributed by atoms with Crippen molar-refractivity contribution in [2.45, 2.75) is 12.8 Å². The maximum absolute atomic E-state index is 12.2. The van der Waals surface area contributed by atoms with Gasteiger partial charge in [-0.25, -0.2) is 4.98 Å². The van der Waals surface area contributed by atoms with Gasteiger partial charge in [0.1, 0.15) is 0 Å². The summed E-state index contributed by atoms with van der Waals surface area (Å²) in [4.78, 5) is 18.3. The zero-order valence-corrected chi connectivity index (χ0v) is 10.4. The lowest BCUT2D eigenvalue weighted by Gasteiger charge is -2.19. The van der Waals surface area contributed by atoms with Gasteiger partial charge < -0.3 is 9.64 Å². The van der Waals surface area contributed by atoms with Crippen molar-refractivity contribution < 1.29 is 9.53 Å². The largest absolute Gasteiger partial charge is 0.481 e. The molecule has 1 aliphatic rings. The van der Waals surface area contributed by atoms with E-state index >= 15 is 0 Å². The summed E-state index contributed by atoms with van der Waals surface area (Å²) in [5.74, 6) is 0.573.